The molecule has 0 saturated heterocycles. The Morgan fingerprint density at radius 1 is 1.18 bits per heavy atom. The summed E-state index contributed by atoms with van der Waals surface area (Å²) in [6.45, 7) is 12.1. The first kappa shape index (κ1) is 13.4. The van der Waals surface area contributed by atoms with Crippen molar-refractivity contribution in [3.63, 3.8) is 0 Å². The Morgan fingerprint density at radius 2 is 1.76 bits per heavy atom. The van der Waals surface area contributed by atoms with Gasteiger partial charge in [0.2, 0.25) is 0 Å². The predicted molar refractivity (Wildman–Crippen MR) is 76.7 cm³/mol. The summed E-state index contributed by atoms with van der Waals surface area (Å²) in [7, 11) is 0. The Hall–Kier alpha value is -1.63. The standard InChI is InChI=1S/C16H21N/c1-6-13(4)11-17-14(5)16-9-7-15(8-10-16)12(2)3/h6-12H,1H2,2-5H3/b13-11-,17-14?. The molecule has 1 rings (SSSR count). The van der Waals surface area contributed by atoms with Crippen LogP contribution in [0.2, 0.25) is 0 Å². The van der Waals surface area contributed by atoms with Gasteiger partial charge < -0.3 is 0 Å². The molecule has 0 bridgehead atoms. The maximum Gasteiger partial charge on any atom is 0.0445 e. The lowest BCUT2D eigenvalue weighted by molar-refractivity contribution is 0.866. The van der Waals surface area contributed by atoms with Gasteiger partial charge in [0.05, 0.1) is 0 Å². The van der Waals surface area contributed by atoms with Crippen molar-refractivity contribution in [2.75, 3.05) is 0 Å². The van der Waals surface area contributed by atoms with Crippen LogP contribution < -0.4 is 0 Å². The second-order valence-electron chi connectivity index (χ2n) is 4.57. The zero-order valence-electron chi connectivity index (χ0n) is 11.2. The van der Waals surface area contributed by atoms with Gasteiger partial charge in [-0.2, -0.15) is 0 Å². The van der Waals surface area contributed by atoms with Gasteiger partial charge in [0.15, 0.2) is 0 Å². The zero-order valence-corrected chi connectivity index (χ0v) is 11.2. The number of benzene rings is 1. The average molecular weight is 227 g/mol. The zero-order chi connectivity index (χ0) is 12.8. The van der Waals surface area contributed by atoms with Crippen LogP contribution in [0.5, 0.6) is 0 Å². The van der Waals surface area contributed by atoms with Crippen LogP contribution >= 0.6 is 0 Å². The number of rotatable bonds is 4. The molecule has 1 aromatic carbocycles. The molecule has 1 heteroatoms. The summed E-state index contributed by atoms with van der Waals surface area (Å²) in [6, 6.07) is 8.60. The van der Waals surface area contributed by atoms with Gasteiger partial charge in [0.1, 0.15) is 0 Å². The molecule has 0 saturated carbocycles. The fraction of sp³-hybridized carbons (Fsp3) is 0.312. The molecule has 0 spiro atoms. The Kier molecular flexibility index (Phi) is 4.89. The molecule has 0 radical (unpaired) electrons. The molecule has 1 aromatic rings. The summed E-state index contributed by atoms with van der Waals surface area (Å²) in [5.41, 5.74) is 4.63. The minimum absolute atomic E-state index is 0.573. The third-order valence-electron chi connectivity index (χ3n) is 2.78. The van der Waals surface area contributed by atoms with Crippen LogP contribution in [0.1, 0.15) is 44.7 Å². The van der Waals surface area contributed by atoms with Gasteiger partial charge in [0.25, 0.3) is 0 Å². The van der Waals surface area contributed by atoms with Crippen LogP contribution in [0.25, 0.3) is 0 Å². The highest BCUT2D eigenvalue weighted by Gasteiger charge is 2.00. The van der Waals surface area contributed by atoms with E-state index in [0.29, 0.717) is 5.92 Å². The lowest BCUT2D eigenvalue weighted by Crippen LogP contribution is -1.95. The lowest BCUT2D eigenvalue weighted by Gasteiger charge is -2.06. The molecular weight excluding hydrogens is 206 g/mol. The molecule has 90 valence electrons. The van der Waals surface area contributed by atoms with Crippen molar-refractivity contribution in [3.8, 4) is 0 Å². The minimum atomic E-state index is 0.573. The number of hydrogen-bond acceptors (Lipinski definition) is 1. The van der Waals surface area contributed by atoms with Gasteiger partial charge in [-0.3, -0.25) is 4.99 Å². The summed E-state index contributed by atoms with van der Waals surface area (Å²) in [5.74, 6) is 0.573. The first-order chi connectivity index (χ1) is 8.04. The molecule has 0 fully saturated rings. The van der Waals surface area contributed by atoms with Gasteiger partial charge in [-0.05, 0) is 36.5 Å². The van der Waals surface area contributed by atoms with Crippen LogP contribution in [0, 0.1) is 0 Å². The molecule has 0 aliphatic heterocycles. The van der Waals surface area contributed by atoms with E-state index in [1.807, 2.05) is 20.0 Å². The van der Waals surface area contributed by atoms with Crippen molar-refractivity contribution in [2.45, 2.75) is 33.6 Å². The van der Waals surface area contributed by atoms with Gasteiger partial charge in [-0.25, -0.2) is 0 Å². The third kappa shape index (κ3) is 4.03. The summed E-state index contributed by atoms with van der Waals surface area (Å²) < 4.78 is 0. The maximum atomic E-state index is 4.42. The second kappa shape index (κ2) is 6.19. The first-order valence-corrected chi connectivity index (χ1v) is 5.98. The van der Waals surface area contributed by atoms with E-state index in [1.54, 1.807) is 6.08 Å². The molecule has 0 aliphatic rings. The predicted octanol–water partition coefficient (Wildman–Crippen LogP) is 4.71. The van der Waals surface area contributed by atoms with E-state index in [9.17, 15) is 0 Å². The fourth-order valence-electron chi connectivity index (χ4n) is 1.44. The van der Waals surface area contributed by atoms with E-state index >= 15 is 0 Å². The molecule has 17 heavy (non-hydrogen) atoms. The molecule has 1 nitrogen and oxygen atoms in total. The Labute approximate surface area is 105 Å². The normalized spacial score (nSPS) is 13.0. The van der Waals surface area contributed by atoms with E-state index in [-0.39, 0.29) is 0 Å². The topological polar surface area (TPSA) is 12.4 Å². The van der Waals surface area contributed by atoms with E-state index in [4.69, 9.17) is 0 Å². The van der Waals surface area contributed by atoms with Crippen molar-refractivity contribution < 1.29 is 0 Å². The summed E-state index contributed by atoms with van der Waals surface area (Å²) in [6.07, 6.45) is 3.65. The molecule has 0 heterocycles. The summed E-state index contributed by atoms with van der Waals surface area (Å²) >= 11 is 0. The lowest BCUT2D eigenvalue weighted by atomic mass is 10.0. The average Bonchev–Trinajstić information content (AvgIpc) is 2.35. The minimum Gasteiger partial charge on any atom is -0.261 e. The van der Waals surface area contributed by atoms with Crippen LogP contribution in [0.15, 0.2) is 53.7 Å². The maximum absolute atomic E-state index is 4.42. The number of allylic oxidation sites excluding steroid dienone is 2. The third-order valence-corrected chi connectivity index (χ3v) is 2.78. The highest BCUT2D eigenvalue weighted by molar-refractivity contribution is 5.99. The van der Waals surface area contributed by atoms with Crippen molar-refractivity contribution >= 4 is 5.71 Å². The Balaban J connectivity index is 2.90. The first-order valence-electron chi connectivity index (χ1n) is 5.98. The Morgan fingerprint density at radius 3 is 2.24 bits per heavy atom. The van der Waals surface area contributed by atoms with Crippen LogP contribution in [-0.2, 0) is 0 Å². The number of hydrogen-bond donors (Lipinski definition) is 0. The van der Waals surface area contributed by atoms with Crippen molar-refractivity contribution in [1.82, 2.24) is 0 Å². The largest absolute Gasteiger partial charge is 0.261 e. The molecule has 0 amide bonds. The highest BCUT2D eigenvalue weighted by atomic mass is 14.7. The molecule has 0 aliphatic carbocycles. The van der Waals surface area contributed by atoms with Crippen molar-refractivity contribution in [3.05, 3.63) is 59.8 Å². The molecule has 0 unspecified atom stereocenters. The molecule has 0 atom stereocenters. The van der Waals surface area contributed by atoms with Crippen molar-refractivity contribution in [2.24, 2.45) is 4.99 Å². The Bertz CT molecular complexity index is 433. The second-order valence-corrected chi connectivity index (χ2v) is 4.57. The van der Waals surface area contributed by atoms with Gasteiger partial charge in [-0.1, -0.05) is 50.8 Å². The van der Waals surface area contributed by atoms with Gasteiger partial charge in [0, 0.05) is 11.9 Å². The fourth-order valence-corrected chi connectivity index (χ4v) is 1.44. The summed E-state index contributed by atoms with van der Waals surface area (Å²) in [5, 5.41) is 0. The van der Waals surface area contributed by atoms with E-state index in [1.165, 1.54) is 11.1 Å². The van der Waals surface area contributed by atoms with Crippen LogP contribution in [-0.4, -0.2) is 5.71 Å². The van der Waals surface area contributed by atoms with Crippen LogP contribution in [0.3, 0.4) is 0 Å². The molecular formula is C16H21N. The van der Waals surface area contributed by atoms with E-state index in [2.05, 4.69) is 49.7 Å². The number of aliphatic imine (C=N–C) groups is 1. The van der Waals surface area contributed by atoms with E-state index in [0.717, 1.165) is 11.3 Å². The van der Waals surface area contributed by atoms with Crippen molar-refractivity contribution in [1.29, 1.82) is 0 Å². The smallest absolute Gasteiger partial charge is 0.0445 e. The molecule has 0 N–H and O–H groups in total. The number of nitrogens with zero attached hydrogens (tertiary/aromatic N) is 1. The SMILES string of the molecule is C=C/C(C)=C\N=C(C)c1ccc(C(C)C)cc1. The summed E-state index contributed by atoms with van der Waals surface area (Å²) in [4.78, 5) is 4.42. The van der Waals surface area contributed by atoms with Gasteiger partial charge in [-0.15, -0.1) is 0 Å². The highest BCUT2D eigenvalue weighted by Crippen LogP contribution is 2.15. The molecule has 0 aromatic heterocycles. The van der Waals surface area contributed by atoms with E-state index < -0.39 is 0 Å². The van der Waals surface area contributed by atoms with Crippen LogP contribution in [0.4, 0.5) is 0 Å². The van der Waals surface area contributed by atoms with Gasteiger partial charge >= 0.3 is 0 Å². The monoisotopic (exact) mass is 227 g/mol. The quantitative estimate of drug-likeness (QED) is 0.522.